The van der Waals surface area contributed by atoms with Gasteiger partial charge in [0, 0.05) is 24.9 Å². The molecule has 1 aliphatic carbocycles. The van der Waals surface area contributed by atoms with E-state index in [9.17, 15) is 9.18 Å². The predicted octanol–water partition coefficient (Wildman–Crippen LogP) is 4.32. The van der Waals surface area contributed by atoms with Crippen molar-refractivity contribution in [3.05, 3.63) is 59.4 Å². The lowest BCUT2D eigenvalue weighted by Gasteiger charge is -2.50. The first-order valence-corrected chi connectivity index (χ1v) is 8.64. The second-order valence-electron chi connectivity index (χ2n) is 7.36. The van der Waals surface area contributed by atoms with E-state index in [1.807, 2.05) is 24.1 Å². The van der Waals surface area contributed by atoms with Crippen LogP contribution in [0.3, 0.4) is 0 Å². The zero-order valence-electron chi connectivity index (χ0n) is 14.2. The first-order chi connectivity index (χ1) is 11.5. The number of nitrogens with zero attached hydrogens (tertiary/aromatic N) is 1. The van der Waals surface area contributed by atoms with Gasteiger partial charge in [-0.15, -0.1) is 0 Å². The molecule has 1 heterocycles. The van der Waals surface area contributed by atoms with Gasteiger partial charge in [0.2, 0.25) is 5.91 Å². The molecule has 0 aromatic heterocycles. The molecule has 0 bridgehead atoms. The standard InChI is InChI=1S/C21H22FNO/c1-21-12-11-20(24)23(2)19(21)10-6-16-13-15(5-9-18(16)21)14-3-7-17(22)8-4-14/h3-5,7-9,13,19H,6,10-12H2,1-2H3/t19?,21-/m1/s1. The SMILES string of the molecule is CN1C(=O)CC[C@]2(C)c3ccc(-c4ccc(F)cc4)cc3CCC12. The van der Waals surface area contributed by atoms with Crippen molar-refractivity contribution >= 4 is 5.91 Å². The molecule has 24 heavy (non-hydrogen) atoms. The molecule has 0 saturated carbocycles. The monoisotopic (exact) mass is 323 g/mol. The second kappa shape index (κ2) is 5.44. The minimum atomic E-state index is -0.207. The van der Waals surface area contributed by atoms with Gasteiger partial charge in [-0.05, 0) is 53.6 Å². The number of benzene rings is 2. The molecule has 1 unspecified atom stereocenters. The molecular formula is C21H22FNO. The van der Waals surface area contributed by atoms with Gasteiger partial charge >= 0.3 is 0 Å². The average molecular weight is 323 g/mol. The molecule has 0 spiro atoms. The lowest BCUT2D eigenvalue weighted by Crippen LogP contribution is -2.56. The van der Waals surface area contributed by atoms with Crippen molar-refractivity contribution in [2.75, 3.05) is 7.05 Å². The molecule has 2 aliphatic rings. The van der Waals surface area contributed by atoms with Crippen molar-refractivity contribution in [1.82, 2.24) is 4.90 Å². The summed E-state index contributed by atoms with van der Waals surface area (Å²) < 4.78 is 13.1. The summed E-state index contributed by atoms with van der Waals surface area (Å²) in [5, 5.41) is 0. The van der Waals surface area contributed by atoms with Crippen LogP contribution in [0.15, 0.2) is 42.5 Å². The van der Waals surface area contributed by atoms with Crippen molar-refractivity contribution in [1.29, 1.82) is 0 Å². The van der Waals surface area contributed by atoms with Gasteiger partial charge in [-0.2, -0.15) is 0 Å². The van der Waals surface area contributed by atoms with Crippen molar-refractivity contribution in [3.8, 4) is 11.1 Å². The van der Waals surface area contributed by atoms with E-state index in [4.69, 9.17) is 0 Å². The Hall–Kier alpha value is -2.16. The third-order valence-electron chi connectivity index (χ3n) is 6.04. The van der Waals surface area contributed by atoms with E-state index in [1.165, 1.54) is 23.3 Å². The molecule has 1 amide bonds. The number of fused-ring (bicyclic) bond motifs is 3. The Morgan fingerprint density at radius 1 is 1.08 bits per heavy atom. The van der Waals surface area contributed by atoms with Gasteiger partial charge in [0.25, 0.3) is 0 Å². The number of rotatable bonds is 1. The van der Waals surface area contributed by atoms with Gasteiger partial charge in [0.15, 0.2) is 0 Å². The number of piperidine rings is 1. The smallest absolute Gasteiger partial charge is 0.222 e. The molecule has 4 rings (SSSR count). The maximum Gasteiger partial charge on any atom is 0.222 e. The van der Waals surface area contributed by atoms with E-state index < -0.39 is 0 Å². The van der Waals surface area contributed by atoms with E-state index in [1.54, 1.807) is 0 Å². The van der Waals surface area contributed by atoms with Crippen LogP contribution in [0.25, 0.3) is 11.1 Å². The van der Waals surface area contributed by atoms with Crippen molar-refractivity contribution in [2.24, 2.45) is 0 Å². The zero-order valence-corrected chi connectivity index (χ0v) is 14.2. The number of halogens is 1. The number of carbonyl (C=O) groups is 1. The van der Waals surface area contributed by atoms with Crippen LogP contribution in [-0.4, -0.2) is 23.9 Å². The fourth-order valence-corrected chi connectivity index (χ4v) is 4.61. The van der Waals surface area contributed by atoms with Crippen LogP contribution in [-0.2, 0) is 16.6 Å². The van der Waals surface area contributed by atoms with Crippen LogP contribution in [0.4, 0.5) is 4.39 Å². The molecule has 3 heteroatoms. The lowest BCUT2D eigenvalue weighted by molar-refractivity contribution is -0.138. The highest BCUT2D eigenvalue weighted by Gasteiger charge is 2.46. The highest BCUT2D eigenvalue weighted by atomic mass is 19.1. The topological polar surface area (TPSA) is 20.3 Å². The largest absolute Gasteiger partial charge is 0.342 e. The highest BCUT2D eigenvalue weighted by Crippen LogP contribution is 2.46. The number of hydrogen-bond donors (Lipinski definition) is 0. The molecule has 0 radical (unpaired) electrons. The van der Waals surface area contributed by atoms with Crippen LogP contribution in [0.1, 0.15) is 37.3 Å². The number of likely N-dealkylation sites (tertiary alicyclic amines) is 1. The summed E-state index contributed by atoms with van der Waals surface area (Å²) in [6.07, 6.45) is 3.55. The van der Waals surface area contributed by atoms with Gasteiger partial charge in [0.05, 0.1) is 0 Å². The average Bonchev–Trinajstić information content (AvgIpc) is 2.59. The summed E-state index contributed by atoms with van der Waals surface area (Å²) in [6, 6.07) is 13.6. The Bertz CT molecular complexity index is 798. The quantitative estimate of drug-likeness (QED) is 0.765. The summed E-state index contributed by atoms with van der Waals surface area (Å²) in [5.74, 6) is 0.0610. The maximum atomic E-state index is 13.1. The summed E-state index contributed by atoms with van der Waals surface area (Å²) in [6.45, 7) is 2.30. The van der Waals surface area contributed by atoms with Gasteiger partial charge in [-0.25, -0.2) is 4.39 Å². The van der Waals surface area contributed by atoms with E-state index in [-0.39, 0.29) is 17.1 Å². The minimum absolute atomic E-state index is 0.0393. The fraction of sp³-hybridized carbons (Fsp3) is 0.381. The van der Waals surface area contributed by atoms with Gasteiger partial charge < -0.3 is 4.90 Å². The van der Waals surface area contributed by atoms with E-state index >= 15 is 0 Å². The molecule has 2 nitrogen and oxygen atoms in total. The van der Waals surface area contributed by atoms with E-state index in [0.717, 1.165) is 30.4 Å². The van der Waals surface area contributed by atoms with Gasteiger partial charge in [0.1, 0.15) is 5.82 Å². The first-order valence-electron chi connectivity index (χ1n) is 8.64. The maximum absolute atomic E-state index is 13.1. The number of amides is 1. The van der Waals surface area contributed by atoms with E-state index in [0.29, 0.717) is 12.5 Å². The molecule has 1 fully saturated rings. The van der Waals surface area contributed by atoms with Crippen molar-refractivity contribution < 1.29 is 9.18 Å². The molecule has 2 atom stereocenters. The Morgan fingerprint density at radius 3 is 2.54 bits per heavy atom. The van der Waals surface area contributed by atoms with Crippen LogP contribution < -0.4 is 0 Å². The predicted molar refractivity (Wildman–Crippen MR) is 93.3 cm³/mol. The number of carbonyl (C=O) groups excluding carboxylic acids is 1. The zero-order chi connectivity index (χ0) is 16.9. The van der Waals surface area contributed by atoms with Crippen LogP contribution in [0.5, 0.6) is 0 Å². The van der Waals surface area contributed by atoms with Crippen LogP contribution >= 0.6 is 0 Å². The minimum Gasteiger partial charge on any atom is -0.342 e. The number of likely N-dealkylation sites (N-methyl/N-ethyl adjacent to an activating group) is 1. The second-order valence-corrected chi connectivity index (χ2v) is 7.36. The molecule has 2 aromatic carbocycles. The van der Waals surface area contributed by atoms with Gasteiger partial charge in [-0.3, -0.25) is 4.79 Å². The van der Waals surface area contributed by atoms with Gasteiger partial charge in [-0.1, -0.05) is 37.3 Å². The number of hydrogen-bond acceptors (Lipinski definition) is 1. The summed E-state index contributed by atoms with van der Waals surface area (Å²) in [7, 11) is 1.95. The highest BCUT2D eigenvalue weighted by molar-refractivity contribution is 5.78. The third-order valence-corrected chi connectivity index (χ3v) is 6.04. The van der Waals surface area contributed by atoms with Crippen LogP contribution in [0.2, 0.25) is 0 Å². The fourth-order valence-electron chi connectivity index (χ4n) is 4.61. The Kier molecular flexibility index (Phi) is 3.48. The Labute approximate surface area is 142 Å². The molecule has 2 aromatic rings. The summed E-state index contributed by atoms with van der Waals surface area (Å²) in [5.41, 5.74) is 4.97. The first kappa shape index (κ1) is 15.4. The van der Waals surface area contributed by atoms with E-state index in [2.05, 4.69) is 25.1 Å². The third kappa shape index (κ3) is 2.26. The molecular weight excluding hydrogens is 301 g/mol. The lowest BCUT2D eigenvalue weighted by atomic mass is 9.63. The molecule has 1 aliphatic heterocycles. The van der Waals surface area contributed by atoms with Crippen molar-refractivity contribution in [2.45, 2.75) is 44.1 Å². The summed E-state index contributed by atoms with van der Waals surface area (Å²) in [4.78, 5) is 14.0. The van der Waals surface area contributed by atoms with Crippen molar-refractivity contribution in [3.63, 3.8) is 0 Å². The normalized spacial score (nSPS) is 26.0. The number of aryl methyl sites for hydroxylation is 1. The Balaban J connectivity index is 1.74. The molecule has 1 saturated heterocycles. The van der Waals surface area contributed by atoms with Crippen LogP contribution in [0, 0.1) is 5.82 Å². The summed E-state index contributed by atoms with van der Waals surface area (Å²) >= 11 is 0. The molecule has 124 valence electrons. The molecule has 0 N–H and O–H groups in total. The Morgan fingerprint density at radius 2 is 1.79 bits per heavy atom.